The molecule has 202 valence electrons. The van der Waals surface area contributed by atoms with Crippen molar-refractivity contribution in [3.05, 3.63) is 6.33 Å². The second-order valence-corrected chi connectivity index (χ2v) is 12.1. The molecule has 0 aromatic carbocycles. The number of aromatic nitrogens is 4. The summed E-state index contributed by atoms with van der Waals surface area (Å²) in [5.41, 5.74) is 7.73. The van der Waals surface area contributed by atoms with Gasteiger partial charge < -0.3 is 25.7 Å². The highest BCUT2D eigenvalue weighted by Crippen LogP contribution is 2.36. The lowest BCUT2D eigenvalue weighted by atomic mass is 9.80. The van der Waals surface area contributed by atoms with E-state index in [1.165, 1.54) is 51.2 Å². The van der Waals surface area contributed by atoms with Crippen molar-refractivity contribution in [2.75, 3.05) is 23.7 Å². The van der Waals surface area contributed by atoms with Crippen LogP contribution in [0.4, 0.5) is 11.8 Å². The van der Waals surface area contributed by atoms with E-state index in [2.05, 4.69) is 20.1 Å². The van der Waals surface area contributed by atoms with Crippen LogP contribution in [0.1, 0.15) is 102 Å². The zero-order valence-corrected chi connectivity index (χ0v) is 22.2. The van der Waals surface area contributed by atoms with Crippen LogP contribution in [0.15, 0.2) is 6.33 Å². The maximum atomic E-state index is 12.1. The molecule has 0 amide bonds. The molecule has 0 radical (unpaired) electrons. The minimum absolute atomic E-state index is 0.231. The number of anilines is 2. The fourth-order valence-corrected chi connectivity index (χ4v) is 7.31. The average Bonchev–Trinajstić information content (AvgIpc) is 3.61. The number of nitrogens with one attached hydrogen (secondary N) is 2. The van der Waals surface area contributed by atoms with Crippen molar-refractivity contribution >= 4 is 29.2 Å². The normalized spacial score (nSPS) is 27.9. The highest BCUT2D eigenvalue weighted by molar-refractivity contribution is 5.84. The lowest BCUT2D eigenvalue weighted by Gasteiger charge is -2.46. The monoisotopic (exact) mass is 508 g/mol. The Bertz CT molecular complexity index is 1060. The number of nitrogens with two attached hydrogens (primary N) is 1. The molecule has 1 aliphatic heterocycles. The first-order chi connectivity index (χ1) is 18.1. The van der Waals surface area contributed by atoms with E-state index in [1.807, 2.05) is 6.33 Å². The average molecular weight is 509 g/mol. The molecule has 2 aromatic heterocycles. The number of likely N-dealkylation sites (tertiary alicyclic amines) is 1. The number of imidazole rings is 1. The quantitative estimate of drug-likeness (QED) is 0.472. The van der Waals surface area contributed by atoms with E-state index < -0.39 is 0 Å². The molecule has 4 fully saturated rings. The lowest BCUT2D eigenvalue weighted by molar-refractivity contribution is -0.121. The van der Waals surface area contributed by atoms with E-state index in [-0.39, 0.29) is 5.54 Å². The first-order valence-corrected chi connectivity index (χ1v) is 14.9. The van der Waals surface area contributed by atoms with Gasteiger partial charge in [0.1, 0.15) is 6.29 Å². The van der Waals surface area contributed by atoms with Crippen LogP contribution < -0.4 is 16.4 Å². The van der Waals surface area contributed by atoms with Crippen LogP contribution in [-0.2, 0) is 4.79 Å². The third-order valence-electron chi connectivity index (χ3n) is 9.65. The van der Waals surface area contributed by atoms with E-state index in [0.29, 0.717) is 30.1 Å². The van der Waals surface area contributed by atoms with E-state index in [4.69, 9.17) is 20.7 Å². The molecule has 1 saturated heterocycles. The molecule has 37 heavy (non-hydrogen) atoms. The van der Waals surface area contributed by atoms with Gasteiger partial charge in [0.25, 0.3) is 0 Å². The van der Waals surface area contributed by atoms with E-state index in [1.54, 1.807) is 0 Å². The molecule has 3 saturated carbocycles. The maximum absolute atomic E-state index is 12.1. The van der Waals surface area contributed by atoms with Crippen molar-refractivity contribution in [2.24, 2.45) is 5.73 Å². The lowest BCUT2D eigenvalue weighted by Crippen LogP contribution is -2.55. The fraction of sp³-hybridized carbons (Fsp3) is 0.786. The SMILES string of the molecule is NC1CCC(Nc2nc(NC3CCN(C4(C=O)CCCCC4)CC3)c3ncn(C4CCCC4)c3n2)CC1. The molecule has 0 unspecified atom stereocenters. The Hall–Kier alpha value is -2.26. The molecule has 4 aliphatic rings. The number of carbonyl (C=O) groups is 1. The molecular weight excluding hydrogens is 464 g/mol. The van der Waals surface area contributed by atoms with Gasteiger partial charge in [-0.1, -0.05) is 32.1 Å². The molecule has 4 N–H and O–H groups in total. The Kier molecular flexibility index (Phi) is 7.34. The largest absolute Gasteiger partial charge is 0.365 e. The van der Waals surface area contributed by atoms with Crippen molar-refractivity contribution in [1.82, 2.24) is 24.4 Å². The molecule has 3 heterocycles. The summed E-state index contributed by atoms with van der Waals surface area (Å²) in [4.78, 5) is 29.4. The topological polar surface area (TPSA) is 114 Å². The van der Waals surface area contributed by atoms with Crippen LogP contribution in [0.3, 0.4) is 0 Å². The fourth-order valence-electron chi connectivity index (χ4n) is 7.31. The summed E-state index contributed by atoms with van der Waals surface area (Å²) in [6, 6.07) is 1.48. The molecule has 3 aliphatic carbocycles. The molecule has 0 atom stereocenters. The summed E-state index contributed by atoms with van der Waals surface area (Å²) >= 11 is 0. The minimum atomic E-state index is -0.231. The summed E-state index contributed by atoms with van der Waals surface area (Å²) < 4.78 is 2.29. The van der Waals surface area contributed by atoms with Crippen molar-refractivity contribution in [3.63, 3.8) is 0 Å². The third-order valence-corrected chi connectivity index (χ3v) is 9.65. The Morgan fingerprint density at radius 3 is 2.27 bits per heavy atom. The van der Waals surface area contributed by atoms with Gasteiger partial charge in [-0.15, -0.1) is 0 Å². The Morgan fingerprint density at radius 2 is 1.57 bits per heavy atom. The van der Waals surface area contributed by atoms with E-state index in [9.17, 15) is 4.79 Å². The molecule has 9 nitrogen and oxygen atoms in total. The molecule has 0 spiro atoms. The Morgan fingerprint density at radius 1 is 0.865 bits per heavy atom. The van der Waals surface area contributed by atoms with Crippen molar-refractivity contribution in [1.29, 1.82) is 0 Å². The van der Waals surface area contributed by atoms with Gasteiger partial charge in [0, 0.05) is 37.3 Å². The van der Waals surface area contributed by atoms with Crippen LogP contribution in [0.25, 0.3) is 11.2 Å². The Labute approximate surface area is 220 Å². The number of hydrogen-bond acceptors (Lipinski definition) is 8. The first-order valence-electron chi connectivity index (χ1n) is 14.9. The highest BCUT2D eigenvalue weighted by atomic mass is 16.1. The first kappa shape index (κ1) is 25.0. The maximum Gasteiger partial charge on any atom is 0.227 e. The summed E-state index contributed by atoms with van der Waals surface area (Å²) in [7, 11) is 0. The van der Waals surface area contributed by atoms with E-state index >= 15 is 0 Å². The predicted molar refractivity (Wildman–Crippen MR) is 147 cm³/mol. The Balaban J connectivity index is 1.21. The van der Waals surface area contributed by atoms with Gasteiger partial charge in [-0.25, -0.2) is 4.98 Å². The summed E-state index contributed by atoms with van der Waals surface area (Å²) in [6.07, 6.45) is 20.0. The standard InChI is InChI=1S/C28H44N8O/c29-20-8-10-21(11-9-20)32-27-33-25(24-26(34-27)36(19-30-24)23-6-2-3-7-23)31-22-12-16-35(17-13-22)28(18-37)14-4-1-5-15-28/h18-23H,1-17,29H2,(H2,31,32,33,34). The second kappa shape index (κ2) is 10.8. The minimum Gasteiger partial charge on any atom is -0.365 e. The number of fused-ring (bicyclic) bond motifs is 1. The van der Waals surface area contributed by atoms with Gasteiger partial charge in [-0.2, -0.15) is 9.97 Å². The van der Waals surface area contributed by atoms with Gasteiger partial charge in [0.05, 0.1) is 11.9 Å². The van der Waals surface area contributed by atoms with Crippen LogP contribution in [0.5, 0.6) is 0 Å². The predicted octanol–water partition coefficient (Wildman–Crippen LogP) is 4.40. The number of nitrogens with zero attached hydrogens (tertiary/aromatic N) is 5. The zero-order chi connectivity index (χ0) is 25.2. The van der Waals surface area contributed by atoms with Gasteiger partial charge in [-0.3, -0.25) is 4.90 Å². The van der Waals surface area contributed by atoms with Gasteiger partial charge in [0.2, 0.25) is 5.95 Å². The van der Waals surface area contributed by atoms with E-state index in [0.717, 1.165) is 81.4 Å². The van der Waals surface area contributed by atoms with Crippen LogP contribution in [-0.4, -0.2) is 67.5 Å². The second-order valence-electron chi connectivity index (χ2n) is 12.1. The molecular formula is C28H44N8O. The number of piperidine rings is 1. The summed E-state index contributed by atoms with van der Waals surface area (Å²) in [5, 5.41) is 7.40. The van der Waals surface area contributed by atoms with Gasteiger partial charge >= 0.3 is 0 Å². The third kappa shape index (κ3) is 5.21. The van der Waals surface area contributed by atoms with Crippen molar-refractivity contribution in [2.45, 2.75) is 126 Å². The number of aldehydes is 1. The van der Waals surface area contributed by atoms with Crippen LogP contribution in [0.2, 0.25) is 0 Å². The van der Waals surface area contributed by atoms with Crippen LogP contribution >= 0.6 is 0 Å². The zero-order valence-electron chi connectivity index (χ0n) is 22.2. The molecule has 2 aromatic rings. The van der Waals surface area contributed by atoms with Crippen molar-refractivity contribution < 1.29 is 4.79 Å². The smallest absolute Gasteiger partial charge is 0.227 e. The highest BCUT2D eigenvalue weighted by Gasteiger charge is 2.39. The summed E-state index contributed by atoms with van der Waals surface area (Å²) in [5.74, 6) is 1.55. The summed E-state index contributed by atoms with van der Waals surface area (Å²) in [6.45, 7) is 1.91. The van der Waals surface area contributed by atoms with Gasteiger partial charge in [-0.05, 0) is 64.2 Å². The molecule has 9 heteroatoms. The number of rotatable bonds is 7. The van der Waals surface area contributed by atoms with Crippen molar-refractivity contribution in [3.8, 4) is 0 Å². The molecule has 0 bridgehead atoms. The number of hydrogen-bond donors (Lipinski definition) is 3. The molecule has 6 rings (SSSR count). The van der Waals surface area contributed by atoms with Crippen LogP contribution in [0, 0.1) is 0 Å². The number of carbonyl (C=O) groups excluding carboxylic acids is 1. The van der Waals surface area contributed by atoms with Gasteiger partial charge in [0.15, 0.2) is 17.0 Å².